The third-order valence-electron chi connectivity index (χ3n) is 4.40. The van der Waals surface area contributed by atoms with Gasteiger partial charge in [0.2, 0.25) is 0 Å². The maximum absolute atomic E-state index is 12.1. The van der Waals surface area contributed by atoms with Gasteiger partial charge in [-0.15, -0.1) is 11.3 Å². The summed E-state index contributed by atoms with van der Waals surface area (Å²) >= 11 is 2.99. The Morgan fingerprint density at radius 2 is 1.81 bits per heavy atom. The van der Waals surface area contributed by atoms with Crippen LogP contribution in [0.3, 0.4) is 0 Å². The zero-order valence-electron chi connectivity index (χ0n) is 16.7. The number of thioether (sulfide) groups is 1. The lowest BCUT2D eigenvalue weighted by Gasteiger charge is -2.09. The van der Waals surface area contributed by atoms with Crippen LogP contribution in [0.4, 0.5) is 0 Å². The van der Waals surface area contributed by atoms with Crippen molar-refractivity contribution in [2.45, 2.75) is 10.8 Å². The van der Waals surface area contributed by atoms with Crippen LogP contribution in [0.5, 0.6) is 5.75 Å². The monoisotopic (exact) mass is 447 g/mol. The number of para-hydroxylation sites is 2. The Morgan fingerprint density at radius 1 is 1.03 bits per heavy atom. The number of thiazole rings is 1. The molecule has 1 amide bonds. The van der Waals surface area contributed by atoms with Crippen molar-refractivity contribution in [1.82, 2.24) is 10.4 Å². The number of carbonyl (C=O) groups is 1. The highest BCUT2D eigenvalue weighted by Gasteiger charge is 2.07. The van der Waals surface area contributed by atoms with E-state index >= 15 is 0 Å². The molecule has 0 atom stereocenters. The molecule has 1 heterocycles. The number of carbonyl (C=O) groups excluding carboxylic acids is 1. The molecule has 0 bridgehead atoms. The lowest BCUT2D eigenvalue weighted by Crippen LogP contribution is -2.19. The Morgan fingerprint density at radius 3 is 2.68 bits per heavy atom. The minimum absolute atomic E-state index is 0.178. The molecule has 5 nitrogen and oxygen atoms in total. The molecule has 7 heteroatoms. The third-order valence-corrected chi connectivity index (χ3v) is 6.58. The fourth-order valence-corrected chi connectivity index (χ4v) is 4.75. The molecule has 31 heavy (non-hydrogen) atoms. The fourth-order valence-electron chi connectivity index (χ4n) is 2.89. The van der Waals surface area contributed by atoms with Crippen LogP contribution in [0.2, 0.25) is 0 Å². The second-order valence-electron chi connectivity index (χ2n) is 6.65. The minimum Gasteiger partial charge on any atom is -0.493 e. The molecule has 156 valence electrons. The summed E-state index contributed by atoms with van der Waals surface area (Å²) in [5, 5.41) is 4.09. The highest BCUT2D eigenvalue weighted by molar-refractivity contribution is 8.01. The van der Waals surface area contributed by atoms with Gasteiger partial charge in [-0.05, 0) is 29.8 Å². The molecule has 4 rings (SSSR count). The van der Waals surface area contributed by atoms with Crippen molar-refractivity contribution >= 4 is 45.4 Å². The molecule has 1 aromatic heterocycles. The fraction of sp³-hybridized carbons (Fsp3) is 0.125. The zero-order chi connectivity index (χ0) is 21.3. The van der Waals surface area contributed by atoms with Crippen LogP contribution in [-0.2, 0) is 11.2 Å². The molecule has 4 aromatic rings. The highest BCUT2D eigenvalue weighted by Crippen LogP contribution is 2.29. The van der Waals surface area contributed by atoms with E-state index in [4.69, 9.17) is 4.74 Å². The maximum atomic E-state index is 12.1. The van der Waals surface area contributed by atoms with E-state index in [0.29, 0.717) is 6.61 Å². The van der Waals surface area contributed by atoms with Gasteiger partial charge in [0.05, 0.1) is 28.8 Å². The number of benzene rings is 3. The molecule has 3 aromatic carbocycles. The van der Waals surface area contributed by atoms with Crippen molar-refractivity contribution < 1.29 is 9.53 Å². The molecule has 0 radical (unpaired) electrons. The maximum Gasteiger partial charge on any atom is 0.250 e. The summed E-state index contributed by atoms with van der Waals surface area (Å²) in [6.45, 7) is 0.569. The van der Waals surface area contributed by atoms with E-state index < -0.39 is 0 Å². The number of rotatable bonds is 9. The first-order valence-corrected chi connectivity index (χ1v) is 11.6. The molecule has 0 unspecified atom stereocenters. The van der Waals surface area contributed by atoms with E-state index in [1.54, 1.807) is 17.6 Å². The van der Waals surface area contributed by atoms with Crippen molar-refractivity contribution in [3.63, 3.8) is 0 Å². The highest BCUT2D eigenvalue weighted by atomic mass is 32.2. The lowest BCUT2D eigenvalue weighted by atomic mass is 10.2. The molecular weight excluding hydrogens is 426 g/mol. The average Bonchev–Trinajstić information content (AvgIpc) is 3.23. The summed E-state index contributed by atoms with van der Waals surface area (Å²) < 4.78 is 7.91. The van der Waals surface area contributed by atoms with Gasteiger partial charge in [-0.3, -0.25) is 4.79 Å². The van der Waals surface area contributed by atoms with Gasteiger partial charge in [0.15, 0.2) is 4.34 Å². The molecule has 0 saturated carbocycles. The number of hydrogen-bond donors (Lipinski definition) is 1. The number of hydrazone groups is 1. The van der Waals surface area contributed by atoms with Crippen LogP contribution in [0.1, 0.15) is 11.1 Å². The molecular formula is C24H21N3O2S2. The second kappa shape index (κ2) is 10.7. The summed E-state index contributed by atoms with van der Waals surface area (Å²) in [6, 6.07) is 25.8. The topological polar surface area (TPSA) is 63.6 Å². The summed E-state index contributed by atoms with van der Waals surface area (Å²) in [7, 11) is 0. The van der Waals surface area contributed by atoms with Crippen molar-refractivity contribution in [2.24, 2.45) is 5.10 Å². The summed E-state index contributed by atoms with van der Waals surface area (Å²) in [5.41, 5.74) is 5.57. The number of amides is 1. The van der Waals surface area contributed by atoms with Crippen LogP contribution in [-0.4, -0.2) is 29.5 Å². The van der Waals surface area contributed by atoms with E-state index in [0.717, 1.165) is 32.3 Å². The van der Waals surface area contributed by atoms with Gasteiger partial charge in [-0.25, -0.2) is 10.4 Å². The number of aromatic nitrogens is 1. The number of fused-ring (bicyclic) bond motifs is 1. The van der Waals surface area contributed by atoms with E-state index in [1.165, 1.54) is 17.3 Å². The molecule has 1 N–H and O–H groups in total. The first-order valence-electron chi connectivity index (χ1n) is 9.84. The molecule has 0 saturated heterocycles. The molecule has 0 aliphatic carbocycles. The number of nitrogens with one attached hydrogen (secondary N) is 1. The van der Waals surface area contributed by atoms with Crippen LogP contribution >= 0.6 is 23.1 Å². The summed E-state index contributed by atoms with van der Waals surface area (Å²) in [5.74, 6) is 0.815. The summed E-state index contributed by atoms with van der Waals surface area (Å²) in [6.07, 6.45) is 2.43. The second-order valence-corrected chi connectivity index (χ2v) is 8.90. The smallest absolute Gasteiger partial charge is 0.250 e. The van der Waals surface area contributed by atoms with Gasteiger partial charge in [0.1, 0.15) is 5.75 Å². The van der Waals surface area contributed by atoms with Crippen LogP contribution in [0.25, 0.3) is 10.2 Å². The van der Waals surface area contributed by atoms with Crippen LogP contribution in [0.15, 0.2) is 88.3 Å². The van der Waals surface area contributed by atoms with Crippen molar-refractivity contribution in [3.8, 4) is 5.75 Å². The molecule has 0 spiro atoms. The van der Waals surface area contributed by atoms with E-state index in [9.17, 15) is 4.79 Å². The van der Waals surface area contributed by atoms with Crippen molar-refractivity contribution in [2.75, 3.05) is 12.4 Å². The first kappa shape index (κ1) is 21.1. The predicted octanol–water partition coefficient (Wildman–Crippen LogP) is 5.16. The first-order chi connectivity index (χ1) is 15.3. The van der Waals surface area contributed by atoms with Gasteiger partial charge < -0.3 is 4.74 Å². The van der Waals surface area contributed by atoms with E-state index in [1.807, 2.05) is 66.7 Å². The Kier molecular flexibility index (Phi) is 7.31. The predicted molar refractivity (Wildman–Crippen MR) is 128 cm³/mol. The van der Waals surface area contributed by atoms with E-state index in [-0.39, 0.29) is 11.7 Å². The Labute approximate surface area is 189 Å². The third kappa shape index (κ3) is 6.16. The number of ether oxygens (including phenoxy) is 1. The van der Waals surface area contributed by atoms with Crippen molar-refractivity contribution in [1.29, 1.82) is 0 Å². The quantitative estimate of drug-likeness (QED) is 0.219. The Hall–Kier alpha value is -3.16. The van der Waals surface area contributed by atoms with Gasteiger partial charge in [0, 0.05) is 12.0 Å². The van der Waals surface area contributed by atoms with E-state index in [2.05, 4.69) is 27.6 Å². The van der Waals surface area contributed by atoms with Gasteiger partial charge >= 0.3 is 0 Å². The zero-order valence-corrected chi connectivity index (χ0v) is 18.4. The van der Waals surface area contributed by atoms with Gasteiger partial charge in [0.25, 0.3) is 5.91 Å². The van der Waals surface area contributed by atoms with Gasteiger partial charge in [-0.1, -0.05) is 66.4 Å². The molecule has 0 aliphatic rings. The van der Waals surface area contributed by atoms with Crippen molar-refractivity contribution in [3.05, 3.63) is 90.0 Å². The van der Waals surface area contributed by atoms with Gasteiger partial charge in [-0.2, -0.15) is 5.10 Å². The standard InChI is InChI=1S/C24H21N3O2S2/c28-23(17-30-24-26-20-11-5-7-13-22(20)31-24)27-25-16-19-10-4-6-12-21(19)29-15-14-18-8-2-1-3-9-18/h1-13,16H,14-15,17H2,(H,27,28)/b25-16+. The SMILES string of the molecule is O=C(CSc1nc2ccccc2s1)N/N=C/c1ccccc1OCCc1ccccc1. The molecule has 0 fully saturated rings. The lowest BCUT2D eigenvalue weighted by molar-refractivity contribution is -0.118. The Bertz CT molecular complexity index is 1140. The number of nitrogens with zero attached hydrogens (tertiary/aromatic N) is 2. The molecule has 0 aliphatic heterocycles. The van der Waals surface area contributed by atoms with Crippen LogP contribution < -0.4 is 10.2 Å². The van der Waals surface area contributed by atoms with Crippen LogP contribution in [0, 0.1) is 0 Å². The Balaban J connectivity index is 1.26. The average molecular weight is 448 g/mol. The normalized spacial score (nSPS) is 11.1. The number of hydrogen-bond acceptors (Lipinski definition) is 6. The summed E-state index contributed by atoms with van der Waals surface area (Å²) in [4.78, 5) is 16.7. The largest absolute Gasteiger partial charge is 0.493 e. The minimum atomic E-state index is -0.178.